The minimum Gasteiger partial charge on any atom is -0.493 e. The van der Waals surface area contributed by atoms with Gasteiger partial charge in [-0.05, 0) is 91.0 Å². The second-order valence-corrected chi connectivity index (χ2v) is 8.20. The van der Waals surface area contributed by atoms with E-state index in [4.69, 9.17) is 14.7 Å². The summed E-state index contributed by atoms with van der Waals surface area (Å²) in [5, 5.41) is 10.8. The summed E-state index contributed by atoms with van der Waals surface area (Å²) in [7, 11) is 0. The highest BCUT2D eigenvalue weighted by atomic mass is 32.2. The quantitative estimate of drug-likeness (QED) is 0.106. The van der Waals surface area contributed by atoms with Crippen LogP contribution in [0.5, 0.6) is 5.75 Å². The molecule has 3 aromatic carbocycles. The molecule has 0 saturated heterocycles. The zero-order valence-corrected chi connectivity index (χ0v) is 20.2. The van der Waals surface area contributed by atoms with Gasteiger partial charge in [0.05, 0.1) is 13.2 Å². The summed E-state index contributed by atoms with van der Waals surface area (Å²) in [4.78, 5) is 11.9. The lowest BCUT2D eigenvalue weighted by Crippen LogP contribution is -2.06. The predicted octanol–water partition coefficient (Wildman–Crippen LogP) is 5.87. The molecular weight excluding hydrogens is 454 g/mol. The minimum absolute atomic E-state index is 0.299. The summed E-state index contributed by atoms with van der Waals surface area (Å²) in [6.45, 7) is 6.13. The zero-order valence-electron chi connectivity index (χ0n) is 19.3. The van der Waals surface area contributed by atoms with Crippen LogP contribution >= 0.6 is 11.8 Å². The lowest BCUT2D eigenvalue weighted by molar-refractivity contribution is -0.137. The second-order valence-electron chi connectivity index (χ2n) is 7.35. The molecule has 0 aromatic heterocycles. The van der Waals surface area contributed by atoms with Crippen molar-refractivity contribution in [3.63, 3.8) is 0 Å². The van der Waals surface area contributed by atoms with Crippen molar-refractivity contribution in [2.24, 2.45) is 0 Å². The maximum absolute atomic E-state index is 11.0. The Labute approximate surface area is 210 Å². The first-order valence-corrected chi connectivity index (χ1v) is 11.7. The molecule has 0 amide bonds. The molecule has 0 unspecified atom stereocenters. The summed E-state index contributed by atoms with van der Waals surface area (Å²) in [5.74, 6) is 13.0. The molecule has 0 saturated carbocycles. The van der Waals surface area contributed by atoms with Crippen LogP contribution in [-0.4, -0.2) is 19.2 Å². The molecule has 4 nitrogen and oxygen atoms in total. The molecule has 0 fully saturated rings. The molecule has 0 atom stereocenters. The Balaban J connectivity index is 1.55. The van der Waals surface area contributed by atoms with Crippen LogP contribution < -0.4 is 4.74 Å². The number of hydrogen-bond donors (Lipinski definition) is 0. The van der Waals surface area contributed by atoms with E-state index in [2.05, 4.69) is 35.7 Å². The largest absolute Gasteiger partial charge is 0.493 e. The number of rotatable bonds is 7. The van der Waals surface area contributed by atoms with Crippen LogP contribution in [0.3, 0.4) is 0 Å². The van der Waals surface area contributed by atoms with E-state index in [-0.39, 0.29) is 0 Å². The molecular formula is C30H23NO3S. The number of carbonyl (C=O) groups excluding carboxylic acids is 1. The number of thiocyanates is 1. The molecule has 0 radical (unpaired) electrons. The van der Waals surface area contributed by atoms with Gasteiger partial charge in [-0.3, -0.25) is 0 Å². The number of nitriles is 1. The van der Waals surface area contributed by atoms with Crippen molar-refractivity contribution in [3.05, 3.63) is 107 Å². The Morgan fingerprint density at radius 3 is 2.20 bits per heavy atom. The molecule has 0 aliphatic rings. The third kappa shape index (κ3) is 8.49. The smallest absolute Gasteiger partial charge is 0.330 e. The van der Waals surface area contributed by atoms with Crippen LogP contribution in [0, 0.1) is 41.3 Å². The maximum atomic E-state index is 11.0. The van der Waals surface area contributed by atoms with Crippen molar-refractivity contribution in [2.75, 3.05) is 13.2 Å². The van der Waals surface area contributed by atoms with Crippen LogP contribution in [0.25, 0.3) is 0 Å². The first kappa shape index (κ1) is 25.3. The Hall–Kier alpha value is -4.37. The van der Waals surface area contributed by atoms with Gasteiger partial charge in [-0.1, -0.05) is 30.3 Å². The number of aryl methyl sites for hydroxylation is 1. The monoisotopic (exact) mass is 477 g/mol. The van der Waals surface area contributed by atoms with Crippen molar-refractivity contribution in [2.45, 2.75) is 18.2 Å². The summed E-state index contributed by atoms with van der Waals surface area (Å²) in [6.07, 6.45) is 1.75. The van der Waals surface area contributed by atoms with Gasteiger partial charge in [0, 0.05) is 39.6 Å². The van der Waals surface area contributed by atoms with Crippen molar-refractivity contribution < 1.29 is 14.3 Å². The SMILES string of the molecule is C=CC(=O)OCCCOc1ccc(C#Cc2ccc(C#Cc3ccc(SC#N)cc3)cc2C)cc1. The van der Waals surface area contributed by atoms with Gasteiger partial charge in [-0.2, -0.15) is 5.26 Å². The molecule has 5 heteroatoms. The lowest BCUT2D eigenvalue weighted by Gasteiger charge is -2.06. The standard InChI is InChI=1S/C30H23NO3S/c1-3-30(32)34-20-4-19-33-28-15-9-25(10-16-28)7-13-27-14-8-26(21-23(27)2)6-5-24-11-17-29(18-12-24)35-22-31/h3,8-12,14-18,21H,1,4,19-20H2,2H3. The van der Waals surface area contributed by atoms with Crippen LogP contribution in [0.1, 0.15) is 34.2 Å². The van der Waals surface area contributed by atoms with Crippen molar-refractivity contribution >= 4 is 17.7 Å². The Bertz CT molecular complexity index is 1350. The molecule has 0 spiro atoms. The summed E-state index contributed by atoms with van der Waals surface area (Å²) in [6, 6.07) is 21.2. The van der Waals surface area contributed by atoms with Crippen molar-refractivity contribution in [1.29, 1.82) is 5.26 Å². The van der Waals surface area contributed by atoms with E-state index >= 15 is 0 Å². The Kier molecular flexibility index (Phi) is 9.64. The number of nitrogens with zero attached hydrogens (tertiary/aromatic N) is 1. The van der Waals surface area contributed by atoms with E-state index in [1.165, 1.54) is 0 Å². The lowest BCUT2D eigenvalue weighted by atomic mass is 10.0. The molecule has 3 rings (SSSR count). The first-order valence-electron chi connectivity index (χ1n) is 10.9. The predicted molar refractivity (Wildman–Crippen MR) is 139 cm³/mol. The van der Waals surface area contributed by atoms with Gasteiger partial charge >= 0.3 is 5.97 Å². The van der Waals surface area contributed by atoms with Crippen molar-refractivity contribution in [3.8, 4) is 34.8 Å². The van der Waals surface area contributed by atoms with Crippen molar-refractivity contribution in [1.82, 2.24) is 0 Å². The number of carbonyl (C=O) groups is 1. The van der Waals surface area contributed by atoms with E-state index in [1.807, 2.05) is 73.7 Å². The second kappa shape index (κ2) is 13.4. The fraction of sp³-hybridized carbons (Fsp3) is 0.133. The molecule has 172 valence electrons. The summed E-state index contributed by atoms with van der Waals surface area (Å²) < 4.78 is 10.6. The highest BCUT2D eigenvalue weighted by Gasteiger charge is 1.99. The van der Waals surface area contributed by atoms with Crippen LogP contribution in [0.4, 0.5) is 0 Å². The molecule has 0 heterocycles. The van der Waals surface area contributed by atoms with Crippen LogP contribution in [-0.2, 0) is 9.53 Å². The molecule has 35 heavy (non-hydrogen) atoms. The minimum atomic E-state index is -0.427. The maximum Gasteiger partial charge on any atom is 0.330 e. The number of hydrogen-bond acceptors (Lipinski definition) is 5. The number of ether oxygens (including phenoxy) is 2. The Morgan fingerprint density at radius 2 is 1.54 bits per heavy atom. The van der Waals surface area contributed by atoms with Gasteiger partial charge in [0.2, 0.25) is 0 Å². The van der Waals surface area contributed by atoms with Gasteiger partial charge in [0.15, 0.2) is 0 Å². The van der Waals surface area contributed by atoms with E-state index in [0.29, 0.717) is 19.6 Å². The molecule has 0 N–H and O–H groups in total. The third-order valence-corrected chi connectivity index (χ3v) is 5.36. The fourth-order valence-corrected chi connectivity index (χ4v) is 3.32. The number of benzene rings is 3. The van der Waals surface area contributed by atoms with Gasteiger partial charge < -0.3 is 9.47 Å². The number of thioether (sulfide) groups is 1. The average Bonchev–Trinajstić information content (AvgIpc) is 2.88. The van der Waals surface area contributed by atoms with Gasteiger partial charge in [0.1, 0.15) is 11.2 Å². The van der Waals surface area contributed by atoms with Gasteiger partial charge in [0.25, 0.3) is 0 Å². The first-order chi connectivity index (χ1) is 17.1. The zero-order chi connectivity index (χ0) is 24.9. The van der Waals surface area contributed by atoms with E-state index < -0.39 is 5.97 Å². The molecule has 3 aromatic rings. The Morgan fingerprint density at radius 1 is 0.914 bits per heavy atom. The highest BCUT2D eigenvalue weighted by Crippen LogP contribution is 2.17. The van der Waals surface area contributed by atoms with Gasteiger partial charge in [-0.15, -0.1) is 0 Å². The van der Waals surface area contributed by atoms with Gasteiger partial charge in [-0.25, -0.2) is 4.79 Å². The fourth-order valence-electron chi connectivity index (χ4n) is 2.94. The number of esters is 1. The van der Waals surface area contributed by atoms with Crippen LogP contribution in [0.2, 0.25) is 0 Å². The molecule has 0 bridgehead atoms. The normalized spacial score (nSPS) is 9.49. The molecule has 0 aliphatic heterocycles. The van der Waals surface area contributed by atoms with Crippen LogP contribution in [0.15, 0.2) is 84.3 Å². The topological polar surface area (TPSA) is 59.3 Å². The summed E-state index contributed by atoms with van der Waals surface area (Å²) >= 11 is 1.13. The summed E-state index contributed by atoms with van der Waals surface area (Å²) in [5.41, 5.74) is 4.71. The van der Waals surface area contributed by atoms with E-state index in [9.17, 15) is 4.79 Å². The van der Waals surface area contributed by atoms with E-state index in [1.54, 1.807) is 0 Å². The molecule has 0 aliphatic carbocycles. The van der Waals surface area contributed by atoms with E-state index in [0.717, 1.165) is 56.3 Å². The highest BCUT2D eigenvalue weighted by molar-refractivity contribution is 8.03. The third-order valence-electron chi connectivity index (χ3n) is 4.76. The average molecular weight is 478 g/mol.